The van der Waals surface area contributed by atoms with Gasteiger partial charge in [-0.2, -0.15) is 0 Å². The van der Waals surface area contributed by atoms with E-state index in [1.165, 1.54) is 28.2 Å². The lowest BCUT2D eigenvalue weighted by Gasteiger charge is -2.48. The Labute approximate surface area is 163 Å². The van der Waals surface area contributed by atoms with Crippen LogP contribution >= 0.6 is 0 Å². The van der Waals surface area contributed by atoms with Crippen molar-refractivity contribution >= 4 is 5.69 Å². The molecule has 0 radical (unpaired) electrons. The molecule has 0 saturated carbocycles. The van der Waals surface area contributed by atoms with Gasteiger partial charge in [-0.1, -0.05) is 75.4 Å². The van der Waals surface area contributed by atoms with Crippen LogP contribution in [0.2, 0.25) is 0 Å². The maximum Gasteiger partial charge on any atom is 0.112 e. The van der Waals surface area contributed by atoms with Crippen LogP contribution < -0.4 is 4.90 Å². The fourth-order valence-corrected chi connectivity index (χ4v) is 4.69. The summed E-state index contributed by atoms with van der Waals surface area (Å²) in [4.78, 5) is 5.18. The zero-order valence-electron chi connectivity index (χ0n) is 17.3. The van der Waals surface area contributed by atoms with E-state index in [0.717, 1.165) is 0 Å². The maximum atomic E-state index is 2.63. The molecule has 0 fully saturated rings. The molecule has 0 N–H and O–H groups in total. The number of allylic oxidation sites excluding steroid dienone is 2. The first-order valence-corrected chi connectivity index (χ1v) is 9.85. The normalized spacial score (nSPS) is 24.7. The largest absolute Gasteiger partial charge is 0.336 e. The molecular formula is C25H30N2. The summed E-state index contributed by atoms with van der Waals surface area (Å²) in [5.41, 5.74) is 6.56. The van der Waals surface area contributed by atoms with Crippen molar-refractivity contribution in [1.29, 1.82) is 0 Å². The van der Waals surface area contributed by atoms with Gasteiger partial charge in [-0.3, -0.25) is 0 Å². The van der Waals surface area contributed by atoms with Crippen LogP contribution in [0.5, 0.6) is 0 Å². The van der Waals surface area contributed by atoms with Crippen LogP contribution in [0.25, 0.3) is 0 Å². The number of hydrogen-bond acceptors (Lipinski definition) is 2. The van der Waals surface area contributed by atoms with Crippen LogP contribution in [0, 0.1) is 12.3 Å². The van der Waals surface area contributed by atoms with Crippen LogP contribution in [0.3, 0.4) is 0 Å². The minimum absolute atomic E-state index is 0.0767. The van der Waals surface area contributed by atoms with E-state index in [2.05, 4.69) is 118 Å². The van der Waals surface area contributed by atoms with E-state index >= 15 is 0 Å². The van der Waals surface area contributed by atoms with Gasteiger partial charge in [0.15, 0.2) is 0 Å². The van der Waals surface area contributed by atoms with Gasteiger partial charge in [0.1, 0.15) is 6.17 Å². The van der Waals surface area contributed by atoms with Gasteiger partial charge in [0.25, 0.3) is 0 Å². The second-order valence-corrected chi connectivity index (χ2v) is 9.08. The summed E-state index contributed by atoms with van der Waals surface area (Å²) in [6, 6.07) is 19.6. The van der Waals surface area contributed by atoms with E-state index in [-0.39, 0.29) is 17.1 Å². The average molecular weight is 359 g/mol. The van der Waals surface area contributed by atoms with E-state index < -0.39 is 0 Å². The lowest BCUT2D eigenvalue weighted by Crippen LogP contribution is -2.54. The highest BCUT2D eigenvalue weighted by molar-refractivity contribution is 5.64. The predicted octanol–water partition coefficient (Wildman–Crippen LogP) is 6.21. The third-order valence-corrected chi connectivity index (χ3v) is 6.05. The summed E-state index contributed by atoms with van der Waals surface area (Å²) in [7, 11) is 0. The minimum Gasteiger partial charge on any atom is -0.336 e. The number of fused-ring (bicyclic) bond motifs is 1. The lowest BCUT2D eigenvalue weighted by molar-refractivity contribution is 0.0904. The van der Waals surface area contributed by atoms with E-state index in [9.17, 15) is 0 Å². The Hall–Kier alpha value is -2.48. The fourth-order valence-electron chi connectivity index (χ4n) is 4.69. The van der Waals surface area contributed by atoms with Crippen LogP contribution in [0.1, 0.15) is 45.7 Å². The lowest BCUT2D eigenvalue weighted by atomic mass is 9.85. The Morgan fingerprint density at radius 1 is 0.889 bits per heavy atom. The first kappa shape index (κ1) is 17.9. The van der Waals surface area contributed by atoms with Crippen molar-refractivity contribution in [1.82, 2.24) is 4.90 Å². The summed E-state index contributed by atoms with van der Waals surface area (Å²) in [6.45, 7) is 13.9. The Kier molecular flexibility index (Phi) is 3.99. The Balaban J connectivity index is 1.91. The molecule has 2 atom stereocenters. The van der Waals surface area contributed by atoms with Crippen LogP contribution in [-0.2, 0) is 5.54 Å². The Morgan fingerprint density at radius 2 is 1.52 bits per heavy atom. The molecule has 2 aromatic rings. The molecule has 4 rings (SSSR count). The molecule has 0 amide bonds. The first-order valence-electron chi connectivity index (χ1n) is 9.85. The predicted molar refractivity (Wildman–Crippen MR) is 114 cm³/mol. The van der Waals surface area contributed by atoms with Gasteiger partial charge in [0.05, 0.1) is 11.2 Å². The van der Waals surface area contributed by atoms with Gasteiger partial charge in [0, 0.05) is 16.8 Å². The molecule has 0 aromatic heterocycles. The van der Waals surface area contributed by atoms with E-state index in [0.29, 0.717) is 0 Å². The third kappa shape index (κ3) is 2.62. The summed E-state index contributed by atoms with van der Waals surface area (Å²) < 4.78 is 0. The zero-order valence-corrected chi connectivity index (χ0v) is 17.3. The van der Waals surface area contributed by atoms with Crippen molar-refractivity contribution < 1.29 is 0 Å². The summed E-state index contributed by atoms with van der Waals surface area (Å²) in [6.07, 6.45) is 4.93. The van der Waals surface area contributed by atoms with Gasteiger partial charge >= 0.3 is 0 Å². The number of benzene rings is 2. The van der Waals surface area contributed by atoms with Crippen LogP contribution in [-0.4, -0.2) is 11.1 Å². The van der Waals surface area contributed by atoms with E-state index in [1.54, 1.807) is 0 Å². The molecule has 140 valence electrons. The minimum atomic E-state index is -0.146. The molecule has 2 aromatic carbocycles. The number of hydrogen-bond donors (Lipinski definition) is 0. The maximum absolute atomic E-state index is 2.63. The quantitative estimate of drug-likeness (QED) is 0.630. The second kappa shape index (κ2) is 6.02. The molecule has 2 aliphatic rings. The fraction of sp³-hybridized carbons (Fsp3) is 0.360. The number of anilines is 1. The van der Waals surface area contributed by atoms with Crippen LogP contribution in [0.15, 0.2) is 78.1 Å². The summed E-state index contributed by atoms with van der Waals surface area (Å²) >= 11 is 0. The first-order chi connectivity index (χ1) is 12.7. The van der Waals surface area contributed by atoms with E-state index in [4.69, 9.17) is 0 Å². The molecule has 0 bridgehead atoms. The molecule has 0 spiro atoms. The van der Waals surface area contributed by atoms with Crippen molar-refractivity contribution in [2.45, 2.75) is 53.2 Å². The highest BCUT2D eigenvalue weighted by Gasteiger charge is 2.52. The van der Waals surface area contributed by atoms with Crippen molar-refractivity contribution in [3.63, 3.8) is 0 Å². The summed E-state index contributed by atoms with van der Waals surface area (Å²) in [5.74, 6) is 0. The topological polar surface area (TPSA) is 6.48 Å². The van der Waals surface area contributed by atoms with Crippen molar-refractivity contribution in [2.75, 3.05) is 4.90 Å². The van der Waals surface area contributed by atoms with Crippen LogP contribution in [0.4, 0.5) is 5.69 Å². The number of aryl methyl sites for hydroxylation is 1. The zero-order chi connectivity index (χ0) is 19.4. The second-order valence-electron chi connectivity index (χ2n) is 9.08. The smallest absolute Gasteiger partial charge is 0.112 e. The molecule has 2 heteroatoms. The number of para-hydroxylation sites is 1. The van der Waals surface area contributed by atoms with Gasteiger partial charge in [-0.15, -0.1) is 0 Å². The monoisotopic (exact) mass is 358 g/mol. The summed E-state index contributed by atoms with van der Waals surface area (Å²) in [5, 5.41) is 0. The molecule has 2 heterocycles. The van der Waals surface area contributed by atoms with E-state index in [1.807, 2.05) is 0 Å². The molecule has 27 heavy (non-hydrogen) atoms. The van der Waals surface area contributed by atoms with Gasteiger partial charge < -0.3 is 9.80 Å². The average Bonchev–Trinajstić information content (AvgIpc) is 3.13. The molecule has 0 aliphatic carbocycles. The third-order valence-electron chi connectivity index (χ3n) is 6.05. The highest BCUT2D eigenvalue weighted by Crippen LogP contribution is 2.52. The SMILES string of the molecule is CC1=C2C=CC(C)(c3ccccc3)N2C(C(C)(C)C)N1c1ccccc1C. The number of rotatable bonds is 2. The molecule has 2 unspecified atom stereocenters. The standard InChI is InChI=1S/C25H30N2/c1-18-12-10-11-15-21(18)26-19(2)22-16-17-25(6,20-13-8-7-9-14-20)27(22)23(26)24(3,4)5/h7-17,23H,1-6H3. The van der Waals surface area contributed by atoms with Gasteiger partial charge in [0.2, 0.25) is 0 Å². The van der Waals surface area contributed by atoms with Crippen molar-refractivity contribution in [3.05, 3.63) is 89.3 Å². The highest BCUT2D eigenvalue weighted by atomic mass is 15.5. The molecule has 0 saturated heterocycles. The van der Waals surface area contributed by atoms with Crippen molar-refractivity contribution in [2.24, 2.45) is 5.41 Å². The molecule has 2 nitrogen and oxygen atoms in total. The van der Waals surface area contributed by atoms with Gasteiger partial charge in [-0.25, -0.2) is 0 Å². The van der Waals surface area contributed by atoms with Gasteiger partial charge in [-0.05, 0) is 44.0 Å². The molecular weight excluding hydrogens is 328 g/mol. The Morgan fingerprint density at radius 3 is 2.15 bits per heavy atom. The Bertz CT molecular complexity index is 917. The molecule has 2 aliphatic heterocycles. The van der Waals surface area contributed by atoms with Crippen molar-refractivity contribution in [3.8, 4) is 0 Å². The number of nitrogens with zero attached hydrogens (tertiary/aromatic N) is 2.